The lowest BCUT2D eigenvalue weighted by Gasteiger charge is -2.18. The molecule has 0 N–H and O–H groups in total. The molecule has 0 radical (unpaired) electrons. The molecule has 0 aliphatic carbocycles. The van der Waals surface area contributed by atoms with Gasteiger partial charge in [0.2, 0.25) is 0 Å². The van der Waals surface area contributed by atoms with Crippen LogP contribution in [0, 0.1) is 25.2 Å². The molecule has 1 heterocycles. The summed E-state index contributed by atoms with van der Waals surface area (Å²) in [4.78, 5) is 12.2. The molecule has 1 aromatic rings. The summed E-state index contributed by atoms with van der Waals surface area (Å²) in [6.07, 6.45) is 1.11. The first kappa shape index (κ1) is 12.5. The van der Waals surface area contributed by atoms with Crippen molar-refractivity contribution < 1.29 is 0 Å². The van der Waals surface area contributed by atoms with Crippen LogP contribution in [0.25, 0.3) is 0 Å². The molecule has 0 fully saturated rings. The van der Waals surface area contributed by atoms with Crippen LogP contribution in [-0.4, -0.2) is 4.57 Å². The number of hydrogen-bond donors (Lipinski definition) is 0. The smallest absolute Gasteiger partial charge is 0.255 e. The zero-order chi connectivity index (χ0) is 12.3. The number of hydrogen-bond acceptors (Lipinski definition) is 2. The first-order chi connectivity index (χ1) is 7.52. The first-order valence-electron chi connectivity index (χ1n) is 5.61. The highest BCUT2D eigenvalue weighted by Crippen LogP contribution is 2.14. The van der Waals surface area contributed by atoms with Gasteiger partial charge in [0, 0.05) is 17.3 Å². The highest BCUT2D eigenvalue weighted by molar-refractivity contribution is 5.28. The minimum Gasteiger partial charge on any atom is -0.310 e. The van der Waals surface area contributed by atoms with E-state index in [0.717, 1.165) is 17.7 Å². The fraction of sp³-hybridized carbons (Fsp3) is 0.538. The van der Waals surface area contributed by atoms with E-state index in [4.69, 9.17) is 5.26 Å². The molecule has 0 aliphatic rings. The van der Waals surface area contributed by atoms with E-state index in [1.165, 1.54) is 0 Å². The number of pyridine rings is 1. The topological polar surface area (TPSA) is 45.8 Å². The Hall–Kier alpha value is -1.56. The molecule has 16 heavy (non-hydrogen) atoms. The normalized spacial score (nSPS) is 12.2. The molecule has 0 amide bonds. The lowest BCUT2D eigenvalue weighted by molar-refractivity contribution is 0.499. The van der Waals surface area contributed by atoms with Crippen LogP contribution in [0.2, 0.25) is 0 Å². The average Bonchev–Trinajstić information content (AvgIpc) is 2.23. The van der Waals surface area contributed by atoms with Crippen LogP contribution in [0.5, 0.6) is 0 Å². The van der Waals surface area contributed by atoms with Crippen LogP contribution in [0.3, 0.4) is 0 Å². The SMILES string of the molecule is CCC(C)n1c(C)cc(C)c(CC#N)c1=O. The third kappa shape index (κ3) is 2.16. The van der Waals surface area contributed by atoms with Gasteiger partial charge in [-0.05, 0) is 38.8 Å². The molecule has 1 unspecified atom stereocenters. The number of nitrogens with zero attached hydrogens (tertiary/aromatic N) is 2. The van der Waals surface area contributed by atoms with Gasteiger partial charge >= 0.3 is 0 Å². The summed E-state index contributed by atoms with van der Waals surface area (Å²) in [7, 11) is 0. The summed E-state index contributed by atoms with van der Waals surface area (Å²) < 4.78 is 1.79. The van der Waals surface area contributed by atoms with Gasteiger partial charge in [0.15, 0.2) is 0 Å². The first-order valence-corrected chi connectivity index (χ1v) is 5.61. The maximum Gasteiger partial charge on any atom is 0.255 e. The highest BCUT2D eigenvalue weighted by atomic mass is 16.1. The zero-order valence-corrected chi connectivity index (χ0v) is 10.4. The van der Waals surface area contributed by atoms with Gasteiger partial charge in [0.1, 0.15) is 0 Å². The summed E-state index contributed by atoms with van der Waals surface area (Å²) >= 11 is 0. The van der Waals surface area contributed by atoms with E-state index in [-0.39, 0.29) is 18.0 Å². The van der Waals surface area contributed by atoms with Gasteiger partial charge in [-0.1, -0.05) is 6.92 Å². The van der Waals surface area contributed by atoms with E-state index in [2.05, 4.69) is 13.0 Å². The van der Waals surface area contributed by atoms with E-state index < -0.39 is 0 Å². The lowest BCUT2D eigenvalue weighted by Crippen LogP contribution is -2.28. The number of rotatable bonds is 3. The molecule has 0 saturated heterocycles. The monoisotopic (exact) mass is 218 g/mol. The van der Waals surface area contributed by atoms with E-state index in [1.807, 2.05) is 26.8 Å². The van der Waals surface area contributed by atoms with Gasteiger partial charge < -0.3 is 4.57 Å². The Morgan fingerprint density at radius 2 is 2.12 bits per heavy atom. The molecule has 86 valence electrons. The third-order valence-electron chi connectivity index (χ3n) is 3.05. The predicted octanol–water partition coefficient (Wildman–Crippen LogP) is 2.50. The Morgan fingerprint density at radius 1 is 1.50 bits per heavy atom. The number of aryl methyl sites for hydroxylation is 2. The molecule has 0 saturated carbocycles. The van der Waals surface area contributed by atoms with Gasteiger partial charge in [-0.15, -0.1) is 0 Å². The standard InChI is InChI=1S/C13H18N2O/c1-5-10(3)15-11(4)8-9(2)12(6-7-14)13(15)16/h8,10H,5-6H2,1-4H3. The van der Waals surface area contributed by atoms with E-state index in [9.17, 15) is 4.79 Å². The van der Waals surface area contributed by atoms with Crippen molar-refractivity contribution in [2.45, 2.75) is 46.6 Å². The quantitative estimate of drug-likeness (QED) is 0.782. The van der Waals surface area contributed by atoms with Crippen LogP contribution < -0.4 is 5.56 Å². The van der Waals surface area contributed by atoms with Crippen LogP contribution in [0.4, 0.5) is 0 Å². The average molecular weight is 218 g/mol. The molecule has 1 atom stereocenters. The van der Waals surface area contributed by atoms with E-state index >= 15 is 0 Å². The molecule has 1 rings (SSSR count). The minimum absolute atomic E-state index is 0.00611. The molecule has 1 aromatic heterocycles. The Morgan fingerprint density at radius 3 is 2.62 bits per heavy atom. The van der Waals surface area contributed by atoms with Gasteiger partial charge in [0.25, 0.3) is 5.56 Å². The van der Waals surface area contributed by atoms with Crippen LogP contribution in [0.15, 0.2) is 10.9 Å². The predicted molar refractivity (Wildman–Crippen MR) is 64.5 cm³/mol. The van der Waals surface area contributed by atoms with Gasteiger partial charge in [-0.2, -0.15) is 5.26 Å². The Bertz CT molecular complexity index is 480. The van der Waals surface area contributed by atoms with E-state index in [0.29, 0.717) is 5.56 Å². The van der Waals surface area contributed by atoms with Crippen molar-refractivity contribution in [2.24, 2.45) is 0 Å². The van der Waals surface area contributed by atoms with Crippen molar-refractivity contribution in [2.75, 3.05) is 0 Å². The van der Waals surface area contributed by atoms with Crippen molar-refractivity contribution >= 4 is 0 Å². The molecule has 0 bridgehead atoms. The second-order valence-electron chi connectivity index (χ2n) is 4.21. The van der Waals surface area contributed by atoms with Crippen molar-refractivity contribution in [3.8, 4) is 6.07 Å². The number of aromatic nitrogens is 1. The summed E-state index contributed by atoms with van der Waals surface area (Å²) in [6, 6.07) is 4.23. The van der Waals surface area contributed by atoms with Crippen LogP contribution in [0.1, 0.15) is 43.1 Å². The maximum atomic E-state index is 12.2. The molecule has 0 aliphatic heterocycles. The fourth-order valence-corrected chi connectivity index (χ4v) is 1.97. The van der Waals surface area contributed by atoms with Gasteiger partial charge in [-0.25, -0.2) is 0 Å². The highest BCUT2D eigenvalue weighted by Gasteiger charge is 2.13. The summed E-state index contributed by atoms with van der Waals surface area (Å²) in [5.41, 5.74) is 2.52. The Kier molecular flexibility index (Phi) is 3.89. The largest absolute Gasteiger partial charge is 0.310 e. The summed E-state index contributed by atoms with van der Waals surface area (Å²) in [5.74, 6) is 0. The van der Waals surface area contributed by atoms with Crippen molar-refractivity contribution in [1.29, 1.82) is 5.26 Å². The minimum atomic E-state index is -0.00611. The van der Waals surface area contributed by atoms with Crippen molar-refractivity contribution in [1.82, 2.24) is 4.57 Å². The fourth-order valence-electron chi connectivity index (χ4n) is 1.97. The Labute approximate surface area is 96.3 Å². The maximum absolute atomic E-state index is 12.2. The van der Waals surface area contributed by atoms with Crippen LogP contribution in [-0.2, 0) is 6.42 Å². The second kappa shape index (κ2) is 4.98. The van der Waals surface area contributed by atoms with Gasteiger partial charge in [0.05, 0.1) is 12.5 Å². The third-order valence-corrected chi connectivity index (χ3v) is 3.05. The number of nitriles is 1. The summed E-state index contributed by atoms with van der Waals surface area (Å²) in [6.45, 7) is 7.92. The molecular formula is C13H18N2O. The van der Waals surface area contributed by atoms with E-state index in [1.54, 1.807) is 4.57 Å². The lowest BCUT2D eigenvalue weighted by atomic mass is 10.1. The van der Waals surface area contributed by atoms with Crippen LogP contribution >= 0.6 is 0 Å². The Balaban J connectivity index is 3.46. The molecule has 3 nitrogen and oxygen atoms in total. The second-order valence-corrected chi connectivity index (χ2v) is 4.21. The molecule has 0 spiro atoms. The molecular weight excluding hydrogens is 200 g/mol. The molecule has 3 heteroatoms. The zero-order valence-electron chi connectivity index (χ0n) is 10.4. The summed E-state index contributed by atoms with van der Waals surface area (Å²) in [5, 5.41) is 8.73. The molecule has 0 aromatic carbocycles. The van der Waals surface area contributed by atoms with Crippen molar-refractivity contribution in [3.63, 3.8) is 0 Å². The van der Waals surface area contributed by atoms with Crippen molar-refractivity contribution in [3.05, 3.63) is 33.2 Å². The van der Waals surface area contributed by atoms with Gasteiger partial charge in [-0.3, -0.25) is 4.79 Å².